The van der Waals surface area contributed by atoms with Gasteiger partial charge in [0.05, 0.1) is 12.8 Å². The number of carbonyl (C=O) groups excluding carboxylic acids is 1. The third-order valence-corrected chi connectivity index (χ3v) is 2.42. The molecule has 1 aliphatic rings. The van der Waals surface area contributed by atoms with Gasteiger partial charge < -0.3 is 9.57 Å². The summed E-state index contributed by atoms with van der Waals surface area (Å²) >= 11 is 0. The van der Waals surface area contributed by atoms with Crippen molar-refractivity contribution in [1.29, 1.82) is 0 Å². The van der Waals surface area contributed by atoms with E-state index in [0.29, 0.717) is 6.42 Å². The number of hydrogen-bond donors (Lipinski definition) is 0. The van der Waals surface area contributed by atoms with Crippen LogP contribution >= 0.6 is 0 Å². The molecule has 88 valence electrons. The van der Waals surface area contributed by atoms with Crippen molar-refractivity contribution < 1.29 is 14.4 Å². The largest absolute Gasteiger partial charge is 0.466 e. The molecule has 1 aromatic carbocycles. The zero-order valence-electron chi connectivity index (χ0n) is 9.50. The van der Waals surface area contributed by atoms with Gasteiger partial charge in [0.2, 0.25) is 6.10 Å². The Labute approximate surface area is 99.5 Å². The minimum Gasteiger partial charge on any atom is -0.466 e. The molecule has 0 spiro atoms. The molecule has 2 rings (SSSR count). The normalized spacial score (nSPS) is 18.9. The van der Waals surface area contributed by atoms with E-state index >= 15 is 0 Å². The summed E-state index contributed by atoms with van der Waals surface area (Å²) in [6.45, 7) is 0. The van der Waals surface area contributed by atoms with Gasteiger partial charge in [-0.15, -0.1) is 0 Å². The van der Waals surface area contributed by atoms with Gasteiger partial charge in [-0.25, -0.2) is 4.79 Å². The highest BCUT2D eigenvalue weighted by molar-refractivity contribution is 6.01. The molecule has 4 heteroatoms. The fourth-order valence-electron chi connectivity index (χ4n) is 1.51. The highest BCUT2D eigenvalue weighted by Crippen LogP contribution is 2.13. The highest BCUT2D eigenvalue weighted by Gasteiger charge is 2.27. The molecular weight excluding hydrogens is 218 g/mol. The molecule has 0 bridgehead atoms. The van der Waals surface area contributed by atoms with Gasteiger partial charge in [-0.3, -0.25) is 0 Å². The molecule has 0 saturated carbocycles. The van der Waals surface area contributed by atoms with Crippen LogP contribution in [0.3, 0.4) is 0 Å². The summed E-state index contributed by atoms with van der Waals surface area (Å²) in [5, 5.41) is 3.83. The number of hydrogen-bond acceptors (Lipinski definition) is 4. The lowest BCUT2D eigenvalue weighted by atomic mass is 10.1. The number of allylic oxidation sites excluding steroid dienone is 1. The van der Waals surface area contributed by atoms with Crippen LogP contribution in [0.15, 0.2) is 41.6 Å². The fraction of sp³-hybridized carbons (Fsp3) is 0.231. The number of oxime groups is 1. The topological polar surface area (TPSA) is 47.9 Å². The standard InChI is InChI=1S/C13H13NO3/c1-16-13(15)12-9-11(14-17-12)8-7-10-5-3-2-4-6-10/h2-8,12H,9H2,1H3/b8-7+. The maximum absolute atomic E-state index is 11.2. The van der Waals surface area contributed by atoms with E-state index in [2.05, 4.69) is 9.89 Å². The van der Waals surface area contributed by atoms with Crippen LogP contribution in [0.4, 0.5) is 0 Å². The Balaban J connectivity index is 1.94. The lowest BCUT2D eigenvalue weighted by molar-refractivity contribution is -0.152. The summed E-state index contributed by atoms with van der Waals surface area (Å²) in [5.74, 6) is -0.392. The van der Waals surface area contributed by atoms with Crippen LogP contribution < -0.4 is 0 Å². The molecule has 0 radical (unpaired) electrons. The lowest BCUT2D eigenvalue weighted by Crippen LogP contribution is -2.21. The van der Waals surface area contributed by atoms with E-state index in [4.69, 9.17) is 4.84 Å². The molecule has 0 N–H and O–H groups in total. The maximum atomic E-state index is 11.2. The number of nitrogens with zero attached hydrogens (tertiary/aromatic N) is 1. The Hall–Kier alpha value is -2.10. The average molecular weight is 231 g/mol. The Bertz CT molecular complexity index is 451. The summed E-state index contributed by atoms with van der Waals surface area (Å²) in [6, 6.07) is 9.86. The summed E-state index contributed by atoms with van der Waals surface area (Å²) in [6.07, 6.45) is 3.63. The average Bonchev–Trinajstić information content (AvgIpc) is 2.85. The SMILES string of the molecule is COC(=O)C1CC(/C=C/c2ccccc2)=NO1. The van der Waals surface area contributed by atoms with Crippen molar-refractivity contribution in [1.82, 2.24) is 0 Å². The van der Waals surface area contributed by atoms with Crippen molar-refractivity contribution >= 4 is 17.8 Å². The Morgan fingerprint density at radius 3 is 2.88 bits per heavy atom. The number of ether oxygens (including phenoxy) is 1. The number of esters is 1. The number of rotatable bonds is 3. The van der Waals surface area contributed by atoms with Crippen LogP contribution in [-0.2, 0) is 14.4 Å². The van der Waals surface area contributed by atoms with Crippen LogP contribution in [-0.4, -0.2) is 24.9 Å². The van der Waals surface area contributed by atoms with E-state index in [9.17, 15) is 4.79 Å². The van der Waals surface area contributed by atoms with Gasteiger partial charge >= 0.3 is 5.97 Å². The smallest absolute Gasteiger partial charge is 0.350 e. The molecular formula is C13H13NO3. The maximum Gasteiger partial charge on any atom is 0.350 e. The first-order chi connectivity index (χ1) is 8.29. The lowest BCUT2D eigenvalue weighted by Gasteiger charge is -2.03. The molecule has 0 amide bonds. The molecule has 0 saturated heterocycles. The molecule has 1 atom stereocenters. The third-order valence-electron chi connectivity index (χ3n) is 2.42. The Morgan fingerprint density at radius 1 is 1.41 bits per heavy atom. The molecule has 1 aliphatic heterocycles. The molecule has 0 fully saturated rings. The van der Waals surface area contributed by atoms with Crippen molar-refractivity contribution in [2.75, 3.05) is 7.11 Å². The van der Waals surface area contributed by atoms with Crippen LogP contribution in [0, 0.1) is 0 Å². The van der Waals surface area contributed by atoms with E-state index in [1.165, 1.54) is 7.11 Å². The second kappa shape index (κ2) is 5.30. The van der Waals surface area contributed by atoms with Crippen molar-refractivity contribution in [2.45, 2.75) is 12.5 Å². The summed E-state index contributed by atoms with van der Waals surface area (Å²) < 4.78 is 4.58. The Kier molecular flexibility index (Phi) is 3.55. The summed E-state index contributed by atoms with van der Waals surface area (Å²) in [5.41, 5.74) is 1.82. The highest BCUT2D eigenvalue weighted by atomic mass is 16.7. The quantitative estimate of drug-likeness (QED) is 0.748. The van der Waals surface area contributed by atoms with Gasteiger partial charge in [0.25, 0.3) is 0 Å². The van der Waals surface area contributed by atoms with E-state index < -0.39 is 12.1 Å². The van der Waals surface area contributed by atoms with E-state index in [1.54, 1.807) is 0 Å². The van der Waals surface area contributed by atoms with Crippen LogP contribution in [0.2, 0.25) is 0 Å². The predicted molar refractivity (Wildman–Crippen MR) is 64.4 cm³/mol. The molecule has 17 heavy (non-hydrogen) atoms. The van der Waals surface area contributed by atoms with Gasteiger partial charge in [0, 0.05) is 6.42 Å². The van der Waals surface area contributed by atoms with Crippen molar-refractivity contribution in [3.05, 3.63) is 42.0 Å². The molecule has 1 aromatic rings. The second-order valence-electron chi connectivity index (χ2n) is 3.65. The zero-order valence-corrected chi connectivity index (χ0v) is 9.50. The van der Waals surface area contributed by atoms with Gasteiger partial charge in [0.1, 0.15) is 0 Å². The van der Waals surface area contributed by atoms with Gasteiger partial charge in [-0.2, -0.15) is 0 Å². The summed E-state index contributed by atoms with van der Waals surface area (Å²) in [4.78, 5) is 16.2. The van der Waals surface area contributed by atoms with Crippen LogP contribution in [0.5, 0.6) is 0 Å². The summed E-state index contributed by atoms with van der Waals surface area (Å²) in [7, 11) is 1.34. The molecule has 1 unspecified atom stereocenters. The first-order valence-electron chi connectivity index (χ1n) is 5.33. The van der Waals surface area contributed by atoms with Gasteiger partial charge in [-0.1, -0.05) is 41.6 Å². The van der Waals surface area contributed by atoms with Crippen molar-refractivity contribution in [2.24, 2.45) is 5.16 Å². The first-order valence-corrected chi connectivity index (χ1v) is 5.33. The number of carbonyl (C=O) groups is 1. The van der Waals surface area contributed by atoms with Gasteiger partial charge in [0.15, 0.2) is 0 Å². The minimum absolute atomic E-state index is 0.392. The molecule has 4 nitrogen and oxygen atoms in total. The minimum atomic E-state index is -0.601. The molecule has 0 aliphatic carbocycles. The zero-order chi connectivity index (χ0) is 12.1. The first kappa shape index (κ1) is 11.4. The molecule has 0 aromatic heterocycles. The van der Waals surface area contributed by atoms with Crippen molar-refractivity contribution in [3.8, 4) is 0 Å². The molecule has 1 heterocycles. The van der Waals surface area contributed by atoms with Crippen molar-refractivity contribution in [3.63, 3.8) is 0 Å². The van der Waals surface area contributed by atoms with E-state index in [0.717, 1.165) is 11.3 Å². The number of benzene rings is 1. The van der Waals surface area contributed by atoms with E-state index in [-0.39, 0.29) is 0 Å². The van der Waals surface area contributed by atoms with Crippen LogP contribution in [0.1, 0.15) is 12.0 Å². The fourth-order valence-corrected chi connectivity index (χ4v) is 1.51. The Morgan fingerprint density at radius 2 is 2.18 bits per heavy atom. The predicted octanol–water partition coefficient (Wildman–Crippen LogP) is 2.02. The number of methoxy groups -OCH3 is 1. The van der Waals surface area contributed by atoms with Crippen LogP contribution in [0.25, 0.3) is 6.08 Å². The third kappa shape index (κ3) is 2.93. The van der Waals surface area contributed by atoms with Gasteiger partial charge in [-0.05, 0) is 11.6 Å². The second-order valence-corrected chi connectivity index (χ2v) is 3.65. The monoisotopic (exact) mass is 231 g/mol. The van der Waals surface area contributed by atoms with E-state index in [1.807, 2.05) is 42.5 Å².